The molecule has 2 heteroatoms. The first-order valence-corrected chi connectivity index (χ1v) is 4.38. The molecule has 0 radical (unpaired) electrons. The van der Waals surface area contributed by atoms with Crippen molar-refractivity contribution in [1.82, 2.24) is 4.90 Å². The molecule has 0 aromatic rings. The number of rotatable bonds is 1. The summed E-state index contributed by atoms with van der Waals surface area (Å²) in [6.07, 6.45) is 3.21. The highest BCUT2D eigenvalue weighted by atomic mass is 16.5. The molecule has 0 saturated carbocycles. The van der Waals surface area contributed by atoms with Crippen molar-refractivity contribution in [2.24, 2.45) is 0 Å². The molecule has 0 aliphatic carbocycles. The Kier molecular flexibility index (Phi) is 6.57. The summed E-state index contributed by atoms with van der Waals surface area (Å²) < 4.78 is 4.75. The average Bonchev–Trinajstić information content (AvgIpc) is 2.41. The molecule has 11 heavy (non-hydrogen) atoms. The van der Waals surface area contributed by atoms with Crippen LogP contribution in [0.2, 0.25) is 0 Å². The minimum Gasteiger partial charge on any atom is -0.382 e. The molecule has 1 saturated heterocycles. The maximum absolute atomic E-state index is 4.75. The molecule has 0 N–H and O–H groups in total. The zero-order valence-electron chi connectivity index (χ0n) is 8.26. The van der Waals surface area contributed by atoms with E-state index in [0.717, 1.165) is 0 Å². The molecule has 1 aliphatic heterocycles. The summed E-state index contributed by atoms with van der Waals surface area (Å²) in [6.45, 7) is 6.64. The summed E-state index contributed by atoms with van der Waals surface area (Å²) in [7, 11) is 3.87. The van der Waals surface area contributed by atoms with Crippen molar-refractivity contribution < 1.29 is 4.74 Å². The van der Waals surface area contributed by atoms with Gasteiger partial charge in [0.2, 0.25) is 0 Å². The predicted octanol–water partition coefficient (Wildman–Crippen LogP) is 1.75. The molecule has 0 atom stereocenters. The van der Waals surface area contributed by atoms with Gasteiger partial charge in [-0.2, -0.15) is 0 Å². The van der Waals surface area contributed by atoms with Gasteiger partial charge >= 0.3 is 0 Å². The predicted molar refractivity (Wildman–Crippen MR) is 48.9 cm³/mol. The highest BCUT2D eigenvalue weighted by Gasteiger charge is 2.03. The molecule has 68 valence electrons. The Balaban J connectivity index is 0.000000187. The van der Waals surface area contributed by atoms with E-state index in [2.05, 4.69) is 11.9 Å². The molecule has 1 heterocycles. The molecule has 1 fully saturated rings. The van der Waals surface area contributed by atoms with Gasteiger partial charge in [0.25, 0.3) is 0 Å². The van der Waals surface area contributed by atoms with Crippen LogP contribution in [-0.2, 0) is 4.74 Å². The normalized spacial score (nSPS) is 18.3. The summed E-state index contributed by atoms with van der Waals surface area (Å²) >= 11 is 0. The lowest BCUT2D eigenvalue weighted by Crippen LogP contribution is -2.10. The quantitative estimate of drug-likeness (QED) is 0.578. The average molecular weight is 159 g/mol. The van der Waals surface area contributed by atoms with Crippen LogP contribution >= 0.6 is 0 Å². The van der Waals surface area contributed by atoms with Gasteiger partial charge in [0.15, 0.2) is 0 Å². The molecular formula is C9H21NO. The van der Waals surface area contributed by atoms with E-state index in [1.54, 1.807) is 7.11 Å². The number of hydrogen-bond acceptors (Lipinski definition) is 2. The highest BCUT2D eigenvalue weighted by Crippen LogP contribution is 2.02. The van der Waals surface area contributed by atoms with Crippen molar-refractivity contribution in [3.8, 4) is 0 Å². The van der Waals surface area contributed by atoms with Gasteiger partial charge in [0, 0.05) is 7.11 Å². The largest absolute Gasteiger partial charge is 0.382 e. The van der Waals surface area contributed by atoms with Crippen molar-refractivity contribution in [1.29, 1.82) is 0 Å². The summed E-state index contributed by atoms with van der Waals surface area (Å²) in [6, 6.07) is 0. The van der Waals surface area contributed by atoms with Crippen LogP contribution < -0.4 is 0 Å². The molecule has 0 aromatic carbocycles. The van der Waals surface area contributed by atoms with Crippen molar-refractivity contribution >= 4 is 0 Å². The van der Waals surface area contributed by atoms with Crippen LogP contribution in [0, 0.1) is 0 Å². The van der Waals surface area contributed by atoms with Gasteiger partial charge in [0.1, 0.15) is 0 Å². The van der Waals surface area contributed by atoms with Gasteiger partial charge < -0.3 is 9.64 Å². The van der Waals surface area contributed by atoms with Crippen LogP contribution in [0.5, 0.6) is 0 Å². The molecule has 1 aliphatic rings. The van der Waals surface area contributed by atoms with Gasteiger partial charge in [-0.25, -0.2) is 0 Å². The highest BCUT2D eigenvalue weighted by molar-refractivity contribution is 4.59. The van der Waals surface area contributed by atoms with E-state index >= 15 is 0 Å². The molecule has 0 bridgehead atoms. The summed E-state index contributed by atoms with van der Waals surface area (Å²) in [5, 5.41) is 0. The van der Waals surface area contributed by atoms with Gasteiger partial charge in [0.05, 0.1) is 6.10 Å². The van der Waals surface area contributed by atoms with E-state index in [-0.39, 0.29) is 0 Å². The Morgan fingerprint density at radius 3 is 1.64 bits per heavy atom. The maximum atomic E-state index is 4.75. The van der Waals surface area contributed by atoms with Crippen molar-refractivity contribution in [3.05, 3.63) is 0 Å². The first-order valence-electron chi connectivity index (χ1n) is 4.38. The first kappa shape index (κ1) is 10.9. The van der Waals surface area contributed by atoms with Crippen molar-refractivity contribution in [3.63, 3.8) is 0 Å². The van der Waals surface area contributed by atoms with Gasteiger partial charge in [-0.1, -0.05) is 0 Å². The van der Waals surface area contributed by atoms with Crippen LogP contribution in [-0.4, -0.2) is 38.3 Å². The lowest BCUT2D eigenvalue weighted by Gasteiger charge is -2.01. The van der Waals surface area contributed by atoms with E-state index in [9.17, 15) is 0 Å². The van der Waals surface area contributed by atoms with Crippen molar-refractivity contribution in [2.45, 2.75) is 32.8 Å². The minimum atomic E-state index is 0.384. The topological polar surface area (TPSA) is 12.5 Å². The van der Waals surface area contributed by atoms with Gasteiger partial charge in [-0.15, -0.1) is 0 Å². The van der Waals surface area contributed by atoms with Crippen LogP contribution in [0.4, 0.5) is 0 Å². The molecule has 0 aromatic heterocycles. The lowest BCUT2D eigenvalue weighted by atomic mass is 10.4. The number of hydrogen-bond donors (Lipinski definition) is 0. The fourth-order valence-corrected chi connectivity index (χ4v) is 0.875. The molecule has 1 rings (SSSR count). The van der Waals surface area contributed by atoms with Crippen LogP contribution in [0.25, 0.3) is 0 Å². The van der Waals surface area contributed by atoms with Crippen molar-refractivity contribution in [2.75, 3.05) is 27.2 Å². The summed E-state index contributed by atoms with van der Waals surface area (Å²) in [4.78, 5) is 2.36. The van der Waals surface area contributed by atoms with Crippen LogP contribution in [0.3, 0.4) is 0 Å². The summed E-state index contributed by atoms with van der Waals surface area (Å²) in [5.41, 5.74) is 0. The SMILES string of the molecule is CN1CCCC1.COC(C)C. The third-order valence-corrected chi connectivity index (χ3v) is 1.80. The molecule has 2 nitrogen and oxygen atoms in total. The summed E-state index contributed by atoms with van der Waals surface area (Å²) in [5.74, 6) is 0. The first-order chi connectivity index (χ1) is 5.16. The Morgan fingerprint density at radius 2 is 1.55 bits per heavy atom. The Bertz CT molecular complexity index is 77.6. The lowest BCUT2D eigenvalue weighted by molar-refractivity contribution is 0.134. The fraction of sp³-hybridized carbons (Fsp3) is 1.00. The second-order valence-corrected chi connectivity index (χ2v) is 3.29. The maximum Gasteiger partial charge on any atom is 0.0515 e. The van der Waals surface area contributed by atoms with E-state index in [1.807, 2.05) is 13.8 Å². The Labute approximate surface area is 70.5 Å². The number of likely N-dealkylation sites (tertiary alicyclic amines) is 1. The smallest absolute Gasteiger partial charge is 0.0515 e. The Morgan fingerprint density at radius 1 is 1.18 bits per heavy atom. The zero-order chi connectivity index (χ0) is 8.69. The fourth-order valence-electron chi connectivity index (χ4n) is 0.875. The number of nitrogens with zero attached hydrogens (tertiary/aromatic N) is 1. The van der Waals surface area contributed by atoms with E-state index in [0.29, 0.717) is 6.10 Å². The van der Waals surface area contributed by atoms with Crippen LogP contribution in [0.1, 0.15) is 26.7 Å². The number of methoxy groups -OCH3 is 1. The van der Waals surface area contributed by atoms with E-state index < -0.39 is 0 Å². The zero-order valence-corrected chi connectivity index (χ0v) is 8.26. The molecule has 0 spiro atoms. The Hall–Kier alpha value is -0.0800. The molecule has 0 unspecified atom stereocenters. The van der Waals surface area contributed by atoms with Gasteiger partial charge in [-0.05, 0) is 46.8 Å². The second-order valence-electron chi connectivity index (χ2n) is 3.29. The second kappa shape index (κ2) is 6.62. The standard InChI is InChI=1S/C5H11N.C4H10O/c1-6-4-2-3-5-6;1-4(2)5-3/h2-5H2,1H3;4H,1-3H3. The third kappa shape index (κ3) is 7.82. The van der Waals surface area contributed by atoms with E-state index in [1.165, 1.54) is 25.9 Å². The van der Waals surface area contributed by atoms with E-state index in [4.69, 9.17) is 4.74 Å². The molecule has 0 amide bonds. The molecular weight excluding hydrogens is 138 g/mol. The van der Waals surface area contributed by atoms with Gasteiger partial charge in [-0.3, -0.25) is 0 Å². The monoisotopic (exact) mass is 159 g/mol. The minimum absolute atomic E-state index is 0.384. The van der Waals surface area contributed by atoms with Crippen LogP contribution in [0.15, 0.2) is 0 Å². The third-order valence-electron chi connectivity index (χ3n) is 1.80. The number of ether oxygens (including phenoxy) is 1.